The Labute approximate surface area is 111 Å². The Balaban J connectivity index is 2.08. The van der Waals surface area contributed by atoms with Crippen LogP contribution < -0.4 is 4.74 Å². The highest BCUT2D eigenvalue weighted by atomic mass is 79.9. The van der Waals surface area contributed by atoms with Crippen molar-refractivity contribution in [3.63, 3.8) is 0 Å². The van der Waals surface area contributed by atoms with Crippen molar-refractivity contribution in [2.75, 3.05) is 6.61 Å². The predicted octanol–water partition coefficient (Wildman–Crippen LogP) is 4.54. The molecule has 0 aliphatic heterocycles. The molecule has 0 bridgehead atoms. The van der Waals surface area contributed by atoms with E-state index in [2.05, 4.69) is 15.9 Å². The monoisotopic (exact) mass is 318 g/mol. The molecule has 0 amide bonds. The van der Waals surface area contributed by atoms with Gasteiger partial charge in [0, 0.05) is 0 Å². The fourth-order valence-electron chi connectivity index (χ4n) is 1.52. The summed E-state index contributed by atoms with van der Waals surface area (Å²) in [4.78, 5) is -1.66. The number of hydrogen-bond donors (Lipinski definition) is 0. The molecule has 0 aromatic heterocycles. The predicted molar refractivity (Wildman–Crippen MR) is 68.2 cm³/mol. The third-order valence-corrected chi connectivity index (χ3v) is 3.26. The van der Waals surface area contributed by atoms with E-state index >= 15 is 0 Å². The van der Waals surface area contributed by atoms with Crippen LogP contribution in [0.3, 0.4) is 0 Å². The van der Waals surface area contributed by atoms with E-state index in [4.69, 9.17) is 4.74 Å². The molecule has 0 N–H and O–H groups in total. The molecule has 0 radical (unpaired) electrons. The minimum absolute atomic E-state index is 0.433. The Kier molecular flexibility index (Phi) is 3.80. The lowest BCUT2D eigenvalue weighted by atomic mass is 10.1. The first-order valence-corrected chi connectivity index (χ1v) is 6.21. The van der Waals surface area contributed by atoms with E-state index in [1.807, 2.05) is 30.3 Å². The Hall–Kier alpha value is -1.23. The van der Waals surface area contributed by atoms with Gasteiger partial charge in [-0.05, 0) is 22.9 Å². The second-order valence-electron chi connectivity index (χ2n) is 3.83. The first-order valence-electron chi connectivity index (χ1n) is 5.29. The van der Waals surface area contributed by atoms with E-state index < -0.39 is 17.6 Å². The highest BCUT2D eigenvalue weighted by Gasteiger charge is 2.38. The molecule has 0 saturated heterocycles. The summed E-state index contributed by atoms with van der Waals surface area (Å²) in [7, 11) is 0. The Morgan fingerprint density at radius 1 is 1.06 bits per heavy atom. The Bertz CT molecular complexity index is 539. The van der Waals surface area contributed by atoms with Crippen LogP contribution in [0.5, 0.6) is 5.75 Å². The van der Waals surface area contributed by atoms with Gasteiger partial charge in [-0.2, -0.15) is 13.2 Å². The van der Waals surface area contributed by atoms with Crippen molar-refractivity contribution in [1.29, 1.82) is 0 Å². The van der Waals surface area contributed by atoms with Gasteiger partial charge in [0.2, 0.25) is 0 Å². The molecular formula is C13H10BrF3O. The van der Waals surface area contributed by atoms with Crippen LogP contribution in [0.4, 0.5) is 13.2 Å². The van der Waals surface area contributed by atoms with Crippen molar-refractivity contribution in [2.24, 2.45) is 0 Å². The van der Waals surface area contributed by atoms with Gasteiger partial charge < -0.3 is 4.74 Å². The molecule has 18 heavy (non-hydrogen) atoms. The van der Waals surface area contributed by atoms with Crippen molar-refractivity contribution < 1.29 is 17.9 Å². The van der Waals surface area contributed by atoms with Crippen molar-refractivity contribution in [3.8, 4) is 5.75 Å². The van der Waals surface area contributed by atoms with Crippen LogP contribution in [0.25, 0.3) is 10.8 Å². The molecule has 0 aliphatic rings. The maximum atomic E-state index is 12.3. The van der Waals surface area contributed by atoms with E-state index in [1.54, 1.807) is 12.1 Å². The summed E-state index contributed by atoms with van der Waals surface area (Å²) in [6, 6.07) is 12.8. The molecule has 1 atom stereocenters. The van der Waals surface area contributed by atoms with Crippen LogP contribution in [0.15, 0.2) is 42.5 Å². The molecule has 2 aromatic carbocycles. The van der Waals surface area contributed by atoms with Gasteiger partial charge in [0.05, 0.1) is 0 Å². The van der Waals surface area contributed by atoms with Crippen molar-refractivity contribution in [3.05, 3.63) is 42.5 Å². The molecule has 2 rings (SSSR count). The Morgan fingerprint density at radius 3 is 2.39 bits per heavy atom. The lowest BCUT2D eigenvalue weighted by Gasteiger charge is -2.15. The van der Waals surface area contributed by atoms with Crippen LogP contribution in [-0.2, 0) is 0 Å². The highest BCUT2D eigenvalue weighted by Crippen LogP contribution is 2.27. The maximum Gasteiger partial charge on any atom is 0.404 e. The molecule has 5 heteroatoms. The van der Waals surface area contributed by atoms with Gasteiger partial charge in [0.1, 0.15) is 17.2 Å². The standard InChI is InChI=1S/C13H10BrF3O/c14-12(13(15,16)17)8-18-11-6-5-9-3-1-2-4-10(9)7-11/h1-7,12H,8H2. The number of rotatable bonds is 3. The summed E-state index contributed by atoms with van der Waals surface area (Å²) in [6.07, 6.45) is -4.29. The van der Waals surface area contributed by atoms with Gasteiger partial charge in [-0.3, -0.25) is 0 Å². The topological polar surface area (TPSA) is 9.23 Å². The lowest BCUT2D eigenvalue weighted by Crippen LogP contribution is -2.28. The lowest BCUT2D eigenvalue weighted by molar-refractivity contribution is -0.132. The summed E-state index contributed by atoms with van der Waals surface area (Å²) in [5, 5.41) is 1.96. The minimum atomic E-state index is -4.29. The van der Waals surface area contributed by atoms with Gasteiger partial charge in [0.25, 0.3) is 0 Å². The zero-order valence-corrected chi connectivity index (χ0v) is 10.8. The van der Waals surface area contributed by atoms with Crippen molar-refractivity contribution >= 4 is 26.7 Å². The molecule has 0 spiro atoms. The van der Waals surface area contributed by atoms with E-state index in [0.717, 1.165) is 10.8 Å². The third kappa shape index (κ3) is 3.16. The van der Waals surface area contributed by atoms with Crippen LogP contribution in [-0.4, -0.2) is 17.6 Å². The third-order valence-electron chi connectivity index (χ3n) is 2.47. The highest BCUT2D eigenvalue weighted by molar-refractivity contribution is 9.09. The second-order valence-corrected chi connectivity index (χ2v) is 4.93. The van der Waals surface area contributed by atoms with Crippen molar-refractivity contribution in [2.45, 2.75) is 11.0 Å². The van der Waals surface area contributed by atoms with Crippen LogP contribution >= 0.6 is 15.9 Å². The zero-order valence-electron chi connectivity index (χ0n) is 9.25. The normalized spacial score (nSPS) is 13.6. The molecule has 0 saturated carbocycles. The smallest absolute Gasteiger partial charge is 0.404 e. The van der Waals surface area contributed by atoms with Crippen LogP contribution in [0.1, 0.15) is 0 Å². The largest absolute Gasteiger partial charge is 0.492 e. The first kappa shape index (κ1) is 13.2. The van der Waals surface area contributed by atoms with Gasteiger partial charge in [0.15, 0.2) is 0 Å². The van der Waals surface area contributed by atoms with Gasteiger partial charge in [-0.15, -0.1) is 0 Å². The molecule has 0 aliphatic carbocycles. The van der Waals surface area contributed by atoms with Crippen LogP contribution in [0.2, 0.25) is 0 Å². The molecule has 1 nitrogen and oxygen atoms in total. The average Bonchev–Trinajstić information content (AvgIpc) is 2.34. The van der Waals surface area contributed by atoms with Gasteiger partial charge in [-0.1, -0.05) is 46.3 Å². The first-order chi connectivity index (χ1) is 8.47. The number of ether oxygens (including phenoxy) is 1. The molecule has 96 valence electrons. The fraction of sp³-hybridized carbons (Fsp3) is 0.231. The SMILES string of the molecule is FC(F)(F)C(Br)COc1ccc2ccccc2c1. The molecule has 2 aromatic rings. The van der Waals surface area contributed by atoms with Crippen LogP contribution in [0, 0.1) is 0 Å². The summed E-state index contributed by atoms with van der Waals surface area (Å²) >= 11 is 2.56. The van der Waals surface area contributed by atoms with Gasteiger partial charge >= 0.3 is 6.18 Å². The van der Waals surface area contributed by atoms with E-state index in [-0.39, 0.29) is 0 Å². The number of fused-ring (bicyclic) bond motifs is 1. The molecule has 0 heterocycles. The van der Waals surface area contributed by atoms with E-state index in [9.17, 15) is 13.2 Å². The Morgan fingerprint density at radius 2 is 1.72 bits per heavy atom. The summed E-state index contributed by atoms with van der Waals surface area (Å²) < 4.78 is 42.0. The number of alkyl halides is 4. The summed E-state index contributed by atoms with van der Waals surface area (Å²) in [5.74, 6) is 0.433. The molecule has 0 fully saturated rings. The van der Waals surface area contributed by atoms with E-state index in [1.165, 1.54) is 0 Å². The molecular weight excluding hydrogens is 309 g/mol. The average molecular weight is 319 g/mol. The number of benzene rings is 2. The second kappa shape index (κ2) is 5.18. The minimum Gasteiger partial charge on any atom is -0.492 e. The number of halogens is 4. The number of hydrogen-bond acceptors (Lipinski definition) is 1. The quantitative estimate of drug-likeness (QED) is 0.755. The van der Waals surface area contributed by atoms with Crippen molar-refractivity contribution in [1.82, 2.24) is 0 Å². The maximum absolute atomic E-state index is 12.3. The van der Waals surface area contributed by atoms with Gasteiger partial charge in [-0.25, -0.2) is 0 Å². The summed E-state index contributed by atoms with van der Waals surface area (Å²) in [6.45, 7) is -0.443. The molecule has 1 unspecified atom stereocenters. The van der Waals surface area contributed by atoms with E-state index in [0.29, 0.717) is 5.75 Å². The zero-order chi connectivity index (χ0) is 13.2. The summed E-state index contributed by atoms with van der Waals surface area (Å²) in [5.41, 5.74) is 0. The fourth-order valence-corrected chi connectivity index (χ4v) is 1.65.